The molecule has 0 atom stereocenters. The molecule has 1 aliphatic carbocycles. The summed E-state index contributed by atoms with van der Waals surface area (Å²) < 4.78 is 38.9. The van der Waals surface area contributed by atoms with E-state index in [0.717, 1.165) is 57.5 Å². The van der Waals surface area contributed by atoms with Gasteiger partial charge in [-0.1, -0.05) is 18.9 Å². The normalized spacial score (nSPS) is 23.4. The summed E-state index contributed by atoms with van der Waals surface area (Å²) in [5.41, 5.74) is 0.0837. The number of hydrogen-bond acceptors (Lipinski definition) is 3. The van der Waals surface area contributed by atoms with Gasteiger partial charge >= 0.3 is 6.18 Å². The van der Waals surface area contributed by atoms with Crippen LogP contribution in [0.2, 0.25) is 0 Å². The maximum atomic E-state index is 13.0. The maximum Gasteiger partial charge on any atom is 0.416 e. The molecule has 0 aromatic heterocycles. The van der Waals surface area contributed by atoms with Crippen LogP contribution in [0, 0.1) is 11.8 Å². The molecule has 1 heterocycles. The van der Waals surface area contributed by atoms with E-state index in [1.54, 1.807) is 11.0 Å². The van der Waals surface area contributed by atoms with Crippen molar-refractivity contribution in [2.45, 2.75) is 44.7 Å². The van der Waals surface area contributed by atoms with Crippen molar-refractivity contribution < 1.29 is 18.0 Å². The number of rotatable bonds is 6. The molecule has 0 spiro atoms. The average molecular weight is 426 g/mol. The van der Waals surface area contributed by atoms with Crippen molar-refractivity contribution in [3.05, 3.63) is 29.8 Å². The Hall–Kier alpha value is -1.76. The first-order valence-corrected chi connectivity index (χ1v) is 11.1. The van der Waals surface area contributed by atoms with Gasteiger partial charge in [0, 0.05) is 52.4 Å². The lowest BCUT2D eigenvalue weighted by atomic mass is 9.79. The molecule has 1 aromatic rings. The third-order valence-electron chi connectivity index (χ3n) is 6.69. The van der Waals surface area contributed by atoms with E-state index in [4.69, 9.17) is 0 Å². The zero-order valence-electron chi connectivity index (χ0n) is 18.1. The molecule has 0 unspecified atom stereocenters. The molecule has 1 aromatic carbocycles. The number of carbonyl (C=O) groups excluding carboxylic acids is 1. The predicted octanol–water partition coefficient (Wildman–Crippen LogP) is 4.50. The summed E-state index contributed by atoms with van der Waals surface area (Å²) in [5.74, 6) is 1.50. The highest BCUT2D eigenvalue weighted by atomic mass is 19.4. The SMILES string of the molecule is CN(C)C(=O)C[C@H]1CC[C@H](CCN2CCN(c3cccc(C(F)(F)F)c3)CC2)CC1. The molecule has 0 radical (unpaired) electrons. The molecule has 2 aliphatic rings. The number of anilines is 1. The van der Waals surface area contributed by atoms with Crippen molar-refractivity contribution >= 4 is 11.6 Å². The number of halogens is 3. The number of hydrogen-bond donors (Lipinski definition) is 0. The van der Waals surface area contributed by atoms with Crippen LogP contribution in [-0.2, 0) is 11.0 Å². The lowest BCUT2D eigenvalue weighted by Gasteiger charge is -2.37. The lowest BCUT2D eigenvalue weighted by Crippen LogP contribution is -2.47. The fraction of sp³-hybridized carbons (Fsp3) is 0.696. The van der Waals surface area contributed by atoms with Gasteiger partial charge in [-0.15, -0.1) is 0 Å². The minimum Gasteiger partial charge on any atom is -0.369 e. The highest BCUT2D eigenvalue weighted by molar-refractivity contribution is 5.75. The molecule has 30 heavy (non-hydrogen) atoms. The van der Waals surface area contributed by atoms with Gasteiger partial charge in [-0.3, -0.25) is 9.69 Å². The second-order valence-electron chi connectivity index (χ2n) is 9.04. The van der Waals surface area contributed by atoms with Crippen LogP contribution in [0.15, 0.2) is 24.3 Å². The van der Waals surface area contributed by atoms with Crippen LogP contribution in [-0.4, -0.2) is 62.5 Å². The Morgan fingerprint density at radius 1 is 1.03 bits per heavy atom. The Morgan fingerprint density at radius 3 is 2.27 bits per heavy atom. The summed E-state index contributed by atoms with van der Waals surface area (Å²) in [5, 5.41) is 0. The van der Waals surface area contributed by atoms with Gasteiger partial charge in [-0.2, -0.15) is 13.2 Å². The first-order chi connectivity index (χ1) is 14.2. The molecule has 0 bridgehead atoms. The van der Waals surface area contributed by atoms with Crippen molar-refractivity contribution in [2.24, 2.45) is 11.8 Å². The Labute approximate surface area is 178 Å². The van der Waals surface area contributed by atoms with Gasteiger partial charge in [0.25, 0.3) is 0 Å². The van der Waals surface area contributed by atoms with Gasteiger partial charge < -0.3 is 9.80 Å². The quantitative estimate of drug-likeness (QED) is 0.671. The van der Waals surface area contributed by atoms with E-state index in [2.05, 4.69) is 9.80 Å². The Morgan fingerprint density at radius 2 is 1.67 bits per heavy atom. The maximum absolute atomic E-state index is 13.0. The van der Waals surface area contributed by atoms with Crippen LogP contribution >= 0.6 is 0 Å². The molecule has 168 valence electrons. The molecular weight excluding hydrogens is 391 g/mol. The summed E-state index contributed by atoms with van der Waals surface area (Å²) in [7, 11) is 3.64. The number of carbonyl (C=O) groups is 1. The molecule has 1 aliphatic heterocycles. The van der Waals surface area contributed by atoms with Crippen molar-refractivity contribution in [1.29, 1.82) is 0 Å². The number of piperazine rings is 1. The van der Waals surface area contributed by atoms with Crippen LogP contribution < -0.4 is 4.90 Å². The minimum atomic E-state index is -4.30. The number of benzene rings is 1. The molecular formula is C23H34F3N3O. The standard InChI is InChI=1S/C23H34F3N3O/c1-27(2)22(30)16-19-8-6-18(7-9-19)10-11-28-12-14-29(15-13-28)21-5-3-4-20(17-21)23(24,25)26/h3-5,17-19H,6-16H2,1-2H3/t18-,19-. The largest absolute Gasteiger partial charge is 0.416 e. The molecule has 1 saturated carbocycles. The monoisotopic (exact) mass is 425 g/mol. The van der Waals surface area contributed by atoms with E-state index in [-0.39, 0.29) is 5.91 Å². The van der Waals surface area contributed by atoms with Gasteiger partial charge in [0.15, 0.2) is 0 Å². The molecule has 3 rings (SSSR count). The van der Waals surface area contributed by atoms with Gasteiger partial charge in [0.2, 0.25) is 5.91 Å². The van der Waals surface area contributed by atoms with E-state index >= 15 is 0 Å². The summed E-state index contributed by atoms with van der Waals surface area (Å²) in [6.07, 6.45) is 2.26. The van der Waals surface area contributed by atoms with E-state index in [1.165, 1.54) is 31.4 Å². The Bertz CT molecular complexity index is 691. The number of amides is 1. The van der Waals surface area contributed by atoms with E-state index < -0.39 is 11.7 Å². The van der Waals surface area contributed by atoms with E-state index in [9.17, 15) is 18.0 Å². The van der Waals surface area contributed by atoms with Crippen LogP contribution in [0.1, 0.15) is 44.1 Å². The van der Waals surface area contributed by atoms with Crippen molar-refractivity contribution in [3.63, 3.8) is 0 Å². The zero-order chi connectivity index (χ0) is 21.7. The van der Waals surface area contributed by atoms with Crippen LogP contribution in [0.4, 0.5) is 18.9 Å². The van der Waals surface area contributed by atoms with Crippen molar-refractivity contribution in [1.82, 2.24) is 9.80 Å². The molecule has 7 heteroatoms. The zero-order valence-corrected chi connectivity index (χ0v) is 18.1. The molecule has 1 saturated heterocycles. The third kappa shape index (κ3) is 6.37. The Balaban J connectivity index is 1.37. The highest BCUT2D eigenvalue weighted by Crippen LogP contribution is 2.34. The predicted molar refractivity (Wildman–Crippen MR) is 113 cm³/mol. The summed E-state index contributed by atoms with van der Waals surface area (Å²) >= 11 is 0. The summed E-state index contributed by atoms with van der Waals surface area (Å²) in [4.78, 5) is 18.1. The van der Waals surface area contributed by atoms with Crippen molar-refractivity contribution in [2.75, 3.05) is 51.7 Å². The van der Waals surface area contributed by atoms with Gasteiger partial charge in [0.05, 0.1) is 5.56 Å². The summed E-state index contributed by atoms with van der Waals surface area (Å²) in [6, 6.07) is 5.65. The van der Waals surface area contributed by atoms with Gasteiger partial charge in [0.1, 0.15) is 0 Å². The number of alkyl halides is 3. The first-order valence-electron chi connectivity index (χ1n) is 11.1. The van der Waals surface area contributed by atoms with Gasteiger partial charge in [-0.25, -0.2) is 0 Å². The molecule has 4 nitrogen and oxygen atoms in total. The van der Waals surface area contributed by atoms with Crippen LogP contribution in [0.25, 0.3) is 0 Å². The number of nitrogens with zero attached hydrogens (tertiary/aromatic N) is 3. The van der Waals surface area contributed by atoms with Crippen molar-refractivity contribution in [3.8, 4) is 0 Å². The molecule has 0 N–H and O–H groups in total. The Kier molecular flexibility index (Phi) is 7.66. The molecule has 1 amide bonds. The highest BCUT2D eigenvalue weighted by Gasteiger charge is 2.31. The minimum absolute atomic E-state index is 0.233. The summed E-state index contributed by atoms with van der Waals surface area (Å²) in [6.45, 7) is 4.37. The van der Waals surface area contributed by atoms with E-state index in [1.807, 2.05) is 14.1 Å². The van der Waals surface area contributed by atoms with E-state index in [0.29, 0.717) is 18.0 Å². The smallest absolute Gasteiger partial charge is 0.369 e. The second kappa shape index (κ2) is 10.0. The second-order valence-corrected chi connectivity index (χ2v) is 9.04. The fourth-order valence-electron chi connectivity index (χ4n) is 4.63. The lowest BCUT2D eigenvalue weighted by molar-refractivity contribution is -0.137. The fourth-order valence-corrected chi connectivity index (χ4v) is 4.63. The van der Waals surface area contributed by atoms with Gasteiger partial charge in [-0.05, 0) is 55.8 Å². The average Bonchev–Trinajstić information content (AvgIpc) is 2.73. The van der Waals surface area contributed by atoms with Crippen LogP contribution in [0.3, 0.4) is 0 Å². The first kappa shape index (κ1) is 22.9. The molecule has 2 fully saturated rings. The van der Waals surface area contributed by atoms with Crippen LogP contribution in [0.5, 0.6) is 0 Å². The third-order valence-corrected chi connectivity index (χ3v) is 6.69. The topological polar surface area (TPSA) is 26.8 Å².